The lowest BCUT2D eigenvalue weighted by molar-refractivity contribution is 0.559. The molecule has 0 aliphatic heterocycles. The van der Waals surface area contributed by atoms with Gasteiger partial charge in [0.05, 0.1) is 10.00 Å². The summed E-state index contributed by atoms with van der Waals surface area (Å²) in [6.45, 7) is 5.29. The molecule has 0 aromatic rings. The Balaban J connectivity index is 2.88. The summed E-state index contributed by atoms with van der Waals surface area (Å²) < 4.78 is 22.3. The van der Waals surface area contributed by atoms with E-state index in [1.54, 1.807) is 20.8 Å². The molecule has 1 aliphatic rings. The Morgan fingerprint density at radius 1 is 1.20 bits per heavy atom. The Morgan fingerprint density at radius 3 is 1.70 bits per heavy atom. The van der Waals surface area contributed by atoms with Gasteiger partial charge >= 0.3 is 0 Å². The Hall–Kier alpha value is -0.0500. The molecule has 0 bridgehead atoms. The molecule has 10 heavy (non-hydrogen) atoms. The van der Waals surface area contributed by atoms with Gasteiger partial charge in [0.15, 0.2) is 9.84 Å². The predicted octanol–water partition coefficient (Wildman–Crippen LogP) is 1.36. The molecule has 0 heterocycles. The van der Waals surface area contributed by atoms with Crippen LogP contribution in [0.25, 0.3) is 0 Å². The Morgan fingerprint density at radius 2 is 1.60 bits per heavy atom. The molecule has 60 valence electrons. The Kier molecular flexibility index (Phi) is 1.59. The van der Waals surface area contributed by atoms with E-state index in [1.165, 1.54) is 0 Å². The average molecular weight is 162 g/mol. The second kappa shape index (κ2) is 1.97. The maximum atomic E-state index is 11.4. The summed E-state index contributed by atoms with van der Waals surface area (Å²) in [6.07, 6.45) is 1.75. The normalized spacial score (nSPS) is 21.1. The zero-order valence-corrected chi connectivity index (χ0v) is 7.53. The van der Waals surface area contributed by atoms with E-state index in [0.29, 0.717) is 0 Å². The number of rotatable bonds is 1. The molecule has 0 aromatic carbocycles. The summed E-state index contributed by atoms with van der Waals surface area (Å²) in [7, 11) is -2.80. The SMILES string of the molecule is CC(C)(C)S(=O)(=O)C1CC1. The highest BCUT2D eigenvalue weighted by Gasteiger charge is 2.43. The van der Waals surface area contributed by atoms with Crippen LogP contribution in [0.1, 0.15) is 33.6 Å². The van der Waals surface area contributed by atoms with Gasteiger partial charge in [-0.1, -0.05) is 0 Å². The van der Waals surface area contributed by atoms with Gasteiger partial charge in [-0.05, 0) is 33.6 Å². The van der Waals surface area contributed by atoms with Crippen molar-refractivity contribution in [2.45, 2.75) is 43.6 Å². The quantitative estimate of drug-likeness (QED) is 0.583. The molecule has 0 saturated heterocycles. The molecule has 0 unspecified atom stereocenters. The van der Waals surface area contributed by atoms with Crippen molar-refractivity contribution in [2.75, 3.05) is 0 Å². The summed E-state index contributed by atoms with van der Waals surface area (Å²) in [4.78, 5) is 0. The van der Waals surface area contributed by atoms with Gasteiger partial charge in [0.2, 0.25) is 0 Å². The van der Waals surface area contributed by atoms with Gasteiger partial charge in [-0.25, -0.2) is 8.42 Å². The smallest absolute Gasteiger partial charge is 0.158 e. The lowest BCUT2D eigenvalue weighted by atomic mass is 10.3. The highest BCUT2D eigenvalue weighted by molar-refractivity contribution is 7.93. The molecular formula is C7H14O2S. The third-order valence-corrected chi connectivity index (χ3v) is 4.87. The molecule has 1 rings (SSSR count). The maximum absolute atomic E-state index is 11.4. The van der Waals surface area contributed by atoms with E-state index in [1.807, 2.05) is 0 Å². The molecule has 0 radical (unpaired) electrons. The van der Waals surface area contributed by atoms with E-state index in [-0.39, 0.29) is 5.25 Å². The third kappa shape index (κ3) is 1.19. The Bertz CT molecular complexity index is 216. The number of sulfone groups is 1. The molecule has 2 nitrogen and oxygen atoms in total. The Labute approximate surface area is 62.5 Å². The average Bonchev–Trinajstić information content (AvgIpc) is 2.38. The third-order valence-electron chi connectivity index (χ3n) is 1.82. The van der Waals surface area contributed by atoms with Gasteiger partial charge < -0.3 is 0 Å². The second-order valence-corrected chi connectivity index (χ2v) is 6.84. The van der Waals surface area contributed by atoms with E-state index < -0.39 is 14.6 Å². The van der Waals surface area contributed by atoms with E-state index in [4.69, 9.17) is 0 Å². The van der Waals surface area contributed by atoms with Crippen LogP contribution in [0.5, 0.6) is 0 Å². The summed E-state index contributed by atoms with van der Waals surface area (Å²) >= 11 is 0. The van der Waals surface area contributed by atoms with Gasteiger partial charge in [-0.3, -0.25) is 0 Å². The number of hydrogen-bond acceptors (Lipinski definition) is 2. The first-order chi connectivity index (χ1) is 4.36. The molecule has 3 heteroatoms. The molecular weight excluding hydrogens is 148 g/mol. The largest absolute Gasteiger partial charge is 0.228 e. The van der Waals surface area contributed by atoms with Crippen molar-refractivity contribution >= 4 is 9.84 Å². The molecule has 1 saturated carbocycles. The molecule has 0 N–H and O–H groups in total. The van der Waals surface area contributed by atoms with Crippen LogP contribution in [0, 0.1) is 0 Å². The van der Waals surface area contributed by atoms with Crippen LogP contribution in [0.15, 0.2) is 0 Å². The van der Waals surface area contributed by atoms with Crippen molar-refractivity contribution in [2.24, 2.45) is 0 Å². The summed E-state index contributed by atoms with van der Waals surface area (Å²) in [6, 6.07) is 0. The first kappa shape index (κ1) is 8.05. The minimum Gasteiger partial charge on any atom is -0.228 e. The van der Waals surface area contributed by atoms with Gasteiger partial charge in [-0.15, -0.1) is 0 Å². The van der Waals surface area contributed by atoms with Crippen LogP contribution in [0.2, 0.25) is 0 Å². The fourth-order valence-corrected chi connectivity index (χ4v) is 2.64. The van der Waals surface area contributed by atoms with Crippen LogP contribution >= 0.6 is 0 Å². The van der Waals surface area contributed by atoms with Crippen molar-refractivity contribution in [3.05, 3.63) is 0 Å². The minimum atomic E-state index is -2.80. The van der Waals surface area contributed by atoms with E-state index in [0.717, 1.165) is 12.8 Å². The molecule has 1 aliphatic carbocycles. The lowest BCUT2D eigenvalue weighted by Crippen LogP contribution is -2.31. The fraction of sp³-hybridized carbons (Fsp3) is 1.00. The molecule has 0 amide bonds. The summed E-state index contributed by atoms with van der Waals surface area (Å²) in [5, 5.41) is -0.0208. The minimum absolute atomic E-state index is 0.0208. The predicted molar refractivity (Wildman–Crippen MR) is 41.7 cm³/mol. The molecule has 0 atom stereocenters. The van der Waals surface area contributed by atoms with Crippen molar-refractivity contribution in [1.82, 2.24) is 0 Å². The molecule has 1 fully saturated rings. The van der Waals surface area contributed by atoms with E-state index in [9.17, 15) is 8.42 Å². The highest BCUT2D eigenvalue weighted by Crippen LogP contribution is 2.35. The van der Waals surface area contributed by atoms with Crippen molar-refractivity contribution in [3.63, 3.8) is 0 Å². The van der Waals surface area contributed by atoms with Crippen molar-refractivity contribution in [1.29, 1.82) is 0 Å². The monoisotopic (exact) mass is 162 g/mol. The van der Waals surface area contributed by atoms with E-state index in [2.05, 4.69) is 0 Å². The van der Waals surface area contributed by atoms with Crippen LogP contribution < -0.4 is 0 Å². The van der Waals surface area contributed by atoms with Crippen molar-refractivity contribution in [3.8, 4) is 0 Å². The summed E-state index contributed by atoms with van der Waals surface area (Å²) in [5.41, 5.74) is 0. The van der Waals surface area contributed by atoms with Crippen LogP contribution in [0.3, 0.4) is 0 Å². The standard InChI is InChI=1S/C7H14O2S/c1-7(2,3)10(8,9)6-4-5-6/h6H,4-5H2,1-3H3. The van der Waals surface area contributed by atoms with Gasteiger partial charge in [0.25, 0.3) is 0 Å². The van der Waals surface area contributed by atoms with Crippen LogP contribution in [-0.2, 0) is 9.84 Å². The summed E-state index contributed by atoms with van der Waals surface area (Å²) in [5.74, 6) is 0. The second-order valence-electron chi connectivity index (χ2n) is 3.86. The topological polar surface area (TPSA) is 34.1 Å². The van der Waals surface area contributed by atoms with Gasteiger partial charge in [-0.2, -0.15) is 0 Å². The van der Waals surface area contributed by atoms with E-state index >= 15 is 0 Å². The zero-order valence-electron chi connectivity index (χ0n) is 6.72. The molecule has 0 aromatic heterocycles. The molecule has 0 spiro atoms. The van der Waals surface area contributed by atoms with Crippen LogP contribution in [-0.4, -0.2) is 18.4 Å². The first-order valence-electron chi connectivity index (χ1n) is 3.59. The van der Waals surface area contributed by atoms with Gasteiger partial charge in [0.1, 0.15) is 0 Å². The maximum Gasteiger partial charge on any atom is 0.158 e. The highest BCUT2D eigenvalue weighted by atomic mass is 32.2. The fourth-order valence-electron chi connectivity index (χ4n) is 0.878. The lowest BCUT2D eigenvalue weighted by Gasteiger charge is -2.18. The van der Waals surface area contributed by atoms with Crippen molar-refractivity contribution < 1.29 is 8.42 Å². The number of hydrogen-bond donors (Lipinski definition) is 0. The first-order valence-corrected chi connectivity index (χ1v) is 5.14. The zero-order chi connectivity index (χ0) is 7.99. The van der Waals surface area contributed by atoms with Gasteiger partial charge in [0, 0.05) is 0 Å². The van der Waals surface area contributed by atoms with Crippen LogP contribution in [0.4, 0.5) is 0 Å².